The van der Waals surface area contributed by atoms with Crippen molar-refractivity contribution < 1.29 is 0 Å². The zero-order valence-electron chi connectivity index (χ0n) is 14.4. The molecule has 0 aliphatic carbocycles. The van der Waals surface area contributed by atoms with E-state index in [-0.39, 0.29) is 0 Å². The van der Waals surface area contributed by atoms with Gasteiger partial charge in [0.25, 0.3) is 0 Å². The molecule has 0 fully saturated rings. The first-order valence-corrected chi connectivity index (χ1v) is 8.96. The number of rotatable bonds is 2. The predicted molar refractivity (Wildman–Crippen MR) is 114 cm³/mol. The van der Waals surface area contributed by atoms with Crippen LogP contribution in [0.4, 0.5) is 0 Å². The second kappa shape index (κ2) is 6.16. The zero-order valence-corrected chi connectivity index (χ0v) is 14.4. The molecule has 0 saturated carbocycles. The number of benzene rings is 5. The highest BCUT2D eigenvalue weighted by Gasteiger charge is 2.06. The van der Waals surface area contributed by atoms with Crippen molar-refractivity contribution in [3.05, 3.63) is 108 Å². The first kappa shape index (κ1) is 14.9. The summed E-state index contributed by atoms with van der Waals surface area (Å²) in [6.45, 7) is 0. The fraction of sp³-hybridized carbons (Fsp3) is 0. The van der Waals surface area contributed by atoms with Crippen LogP contribution in [0.25, 0.3) is 44.5 Å². The monoisotopic (exact) mass is 330 g/mol. The van der Waals surface area contributed by atoms with Crippen LogP contribution in [0.15, 0.2) is 97.1 Å². The molecule has 122 valence electrons. The third kappa shape index (κ3) is 2.48. The maximum Gasteiger partial charge on any atom is -0.00987 e. The third-order valence-corrected chi connectivity index (χ3v) is 5.07. The lowest BCUT2D eigenvalue weighted by molar-refractivity contribution is 1.66. The smallest absolute Gasteiger partial charge is 0.00987 e. The molecule has 0 aliphatic heterocycles. The number of hydrogen-bond donors (Lipinski definition) is 0. The normalized spacial score (nSPS) is 11.7. The van der Waals surface area contributed by atoms with Crippen LogP contribution in [-0.4, -0.2) is 0 Å². The molecule has 0 nitrogen and oxygen atoms in total. The minimum Gasteiger partial charge on any atom is -0.0622 e. The van der Waals surface area contributed by atoms with E-state index in [0.717, 1.165) is 0 Å². The molecule has 26 heavy (non-hydrogen) atoms. The average molecular weight is 330 g/mol. The van der Waals surface area contributed by atoms with Gasteiger partial charge in [-0.25, -0.2) is 0 Å². The third-order valence-electron chi connectivity index (χ3n) is 5.07. The van der Waals surface area contributed by atoms with Crippen LogP contribution in [0.1, 0.15) is 11.1 Å². The van der Waals surface area contributed by atoms with Crippen LogP contribution in [0.5, 0.6) is 0 Å². The van der Waals surface area contributed by atoms with Crippen molar-refractivity contribution in [1.29, 1.82) is 0 Å². The standard InChI is InChI=1S/C26H18/c1-2-7-19(8-3-1)13-14-21-10-6-12-24-23(21)17-18-25-22-11-5-4-9-20(22)15-16-26(24)25/h1-18H. The number of fused-ring (bicyclic) bond motifs is 5. The molecule has 0 N–H and O–H groups in total. The molecule has 5 rings (SSSR count). The van der Waals surface area contributed by atoms with Crippen LogP contribution in [0.3, 0.4) is 0 Å². The highest BCUT2D eigenvalue weighted by molar-refractivity contribution is 6.18. The molecule has 0 bridgehead atoms. The second-order valence-corrected chi connectivity index (χ2v) is 6.63. The highest BCUT2D eigenvalue weighted by atomic mass is 14.1. The van der Waals surface area contributed by atoms with Gasteiger partial charge in [0, 0.05) is 0 Å². The number of hydrogen-bond acceptors (Lipinski definition) is 0. The zero-order chi connectivity index (χ0) is 17.3. The van der Waals surface area contributed by atoms with Gasteiger partial charge in [0.1, 0.15) is 0 Å². The Morgan fingerprint density at radius 2 is 1.04 bits per heavy atom. The summed E-state index contributed by atoms with van der Waals surface area (Å²) in [5, 5.41) is 7.85. The van der Waals surface area contributed by atoms with Crippen molar-refractivity contribution in [2.75, 3.05) is 0 Å². The van der Waals surface area contributed by atoms with E-state index < -0.39 is 0 Å². The van der Waals surface area contributed by atoms with Gasteiger partial charge in [-0.2, -0.15) is 0 Å². The molecule has 0 atom stereocenters. The average Bonchev–Trinajstić information content (AvgIpc) is 2.72. The fourth-order valence-electron chi connectivity index (χ4n) is 3.78. The summed E-state index contributed by atoms with van der Waals surface area (Å²) in [6, 6.07) is 34.6. The SMILES string of the molecule is C(=Cc1cccc2c1ccc1c3ccccc3ccc21)c1ccccc1. The molecular weight excluding hydrogens is 312 g/mol. The van der Waals surface area contributed by atoms with Gasteiger partial charge >= 0.3 is 0 Å². The lowest BCUT2D eigenvalue weighted by atomic mass is 9.95. The van der Waals surface area contributed by atoms with Crippen LogP contribution < -0.4 is 0 Å². The molecule has 0 heterocycles. The van der Waals surface area contributed by atoms with Crippen molar-refractivity contribution in [2.45, 2.75) is 0 Å². The van der Waals surface area contributed by atoms with E-state index in [1.165, 1.54) is 43.4 Å². The van der Waals surface area contributed by atoms with Gasteiger partial charge in [0.05, 0.1) is 0 Å². The molecule has 0 unspecified atom stereocenters. The Bertz CT molecular complexity index is 1260. The maximum atomic E-state index is 2.26. The largest absolute Gasteiger partial charge is 0.0622 e. The molecule has 0 saturated heterocycles. The Morgan fingerprint density at radius 1 is 0.385 bits per heavy atom. The van der Waals surface area contributed by atoms with Crippen molar-refractivity contribution in [3.8, 4) is 0 Å². The van der Waals surface area contributed by atoms with Crippen LogP contribution in [0, 0.1) is 0 Å². The van der Waals surface area contributed by atoms with Crippen molar-refractivity contribution >= 4 is 44.5 Å². The summed E-state index contributed by atoms with van der Waals surface area (Å²) in [5.74, 6) is 0. The molecule has 0 heteroatoms. The van der Waals surface area contributed by atoms with Gasteiger partial charge in [-0.1, -0.05) is 109 Å². The van der Waals surface area contributed by atoms with Gasteiger partial charge in [0.2, 0.25) is 0 Å². The molecule has 0 aliphatic rings. The van der Waals surface area contributed by atoms with Gasteiger partial charge in [-0.3, -0.25) is 0 Å². The second-order valence-electron chi connectivity index (χ2n) is 6.63. The summed E-state index contributed by atoms with van der Waals surface area (Å²) in [4.78, 5) is 0. The van der Waals surface area contributed by atoms with Gasteiger partial charge in [-0.15, -0.1) is 0 Å². The van der Waals surface area contributed by atoms with E-state index in [0.29, 0.717) is 0 Å². The summed E-state index contributed by atoms with van der Waals surface area (Å²) in [5.41, 5.74) is 2.47. The highest BCUT2D eigenvalue weighted by Crippen LogP contribution is 2.33. The quantitative estimate of drug-likeness (QED) is 0.235. The predicted octanol–water partition coefficient (Wildman–Crippen LogP) is 7.32. The van der Waals surface area contributed by atoms with E-state index in [4.69, 9.17) is 0 Å². The summed E-state index contributed by atoms with van der Waals surface area (Å²) < 4.78 is 0. The van der Waals surface area contributed by atoms with Crippen LogP contribution in [-0.2, 0) is 0 Å². The minimum atomic E-state index is 1.22. The first-order valence-electron chi connectivity index (χ1n) is 8.96. The summed E-state index contributed by atoms with van der Waals surface area (Å²) >= 11 is 0. The Kier molecular flexibility index (Phi) is 3.54. The molecule has 5 aromatic carbocycles. The van der Waals surface area contributed by atoms with Crippen molar-refractivity contribution in [2.24, 2.45) is 0 Å². The molecule has 0 amide bonds. The van der Waals surface area contributed by atoms with Gasteiger partial charge in [-0.05, 0) is 43.4 Å². The Hall–Kier alpha value is -3.38. The lowest BCUT2D eigenvalue weighted by Crippen LogP contribution is -1.83. The molecule has 5 aromatic rings. The maximum absolute atomic E-state index is 2.26. The minimum absolute atomic E-state index is 1.22. The molecule has 0 spiro atoms. The molecular formula is C26H18. The fourth-order valence-corrected chi connectivity index (χ4v) is 3.78. The van der Waals surface area contributed by atoms with Crippen LogP contribution >= 0.6 is 0 Å². The van der Waals surface area contributed by atoms with E-state index in [1.807, 2.05) is 6.07 Å². The first-order chi connectivity index (χ1) is 12.9. The van der Waals surface area contributed by atoms with Crippen molar-refractivity contribution in [1.82, 2.24) is 0 Å². The van der Waals surface area contributed by atoms with E-state index >= 15 is 0 Å². The van der Waals surface area contributed by atoms with Gasteiger partial charge < -0.3 is 0 Å². The topological polar surface area (TPSA) is 0 Å². The van der Waals surface area contributed by atoms with Crippen LogP contribution in [0.2, 0.25) is 0 Å². The summed E-state index contributed by atoms with van der Waals surface area (Å²) in [7, 11) is 0. The molecule has 0 radical (unpaired) electrons. The van der Waals surface area contributed by atoms with Crippen molar-refractivity contribution in [3.63, 3.8) is 0 Å². The lowest BCUT2D eigenvalue weighted by Gasteiger charge is -2.09. The van der Waals surface area contributed by atoms with E-state index in [2.05, 4.69) is 103 Å². The van der Waals surface area contributed by atoms with E-state index in [1.54, 1.807) is 0 Å². The Balaban J connectivity index is 1.73. The Morgan fingerprint density at radius 3 is 1.96 bits per heavy atom. The van der Waals surface area contributed by atoms with Gasteiger partial charge in [0.15, 0.2) is 0 Å². The van der Waals surface area contributed by atoms with E-state index in [9.17, 15) is 0 Å². The molecule has 0 aromatic heterocycles. The Labute approximate surface area is 153 Å². The summed E-state index contributed by atoms with van der Waals surface area (Å²) in [6.07, 6.45) is 4.39.